The van der Waals surface area contributed by atoms with Crippen LogP contribution in [-0.2, 0) is 4.79 Å². The Balaban J connectivity index is 1.54. The van der Waals surface area contributed by atoms with Gasteiger partial charge in [0.05, 0.1) is 13.3 Å². The maximum Gasteiger partial charge on any atom is 0.254 e. The van der Waals surface area contributed by atoms with Gasteiger partial charge in [0.15, 0.2) is 0 Å². The minimum absolute atomic E-state index is 0.163. The second-order valence-corrected chi connectivity index (χ2v) is 6.91. The normalized spacial score (nSPS) is 15.9. The van der Waals surface area contributed by atoms with Crippen LogP contribution in [0.15, 0.2) is 60.9 Å². The van der Waals surface area contributed by atoms with Crippen molar-refractivity contribution in [3.05, 3.63) is 66.5 Å². The summed E-state index contributed by atoms with van der Waals surface area (Å²) in [6.45, 7) is 0.553. The molecule has 2 amide bonds. The zero-order chi connectivity index (χ0) is 20.2. The van der Waals surface area contributed by atoms with Crippen molar-refractivity contribution < 1.29 is 14.3 Å². The molecule has 0 saturated carbocycles. The van der Waals surface area contributed by atoms with Crippen LogP contribution in [0.25, 0.3) is 11.1 Å². The highest BCUT2D eigenvalue weighted by Crippen LogP contribution is 2.31. The number of aromatic nitrogens is 2. The number of carbonyl (C=O) groups is 2. The Kier molecular flexibility index (Phi) is 5.29. The Morgan fingerprint density at radius 3 is 2.76 bits per heavy atom. The van der Waals surface area contributed by atoms with Crippen LogP contribution in [0.4, 0.5) is 5.69 Å². The zero-order valence-electron chi connectivity index (χ0n) is 16.1. The number of hydrogen-bond donors (Lipinski definition) is 2. The molecular weight excluding hydrogens is 368 g/mol. The number of para-hydroxylation sites is 1. The molecule has 1 aromatic heterocycles. The van der Waals surface area contributed by atoms with Crippen molar-refractivity contribution in [3.8, 4) is 16.9 Å². The fraction of sp³-hybridized carbons (Fsp3) is 0.227. The third-order valence-electron chi connectivity index (χ3n) is 5.12. The van der Waals surface area contributed by atoms with E-state index in [1.54, 1.807) is 36.5 Å². The second kappa shape index (κ2) is 8.18. The van der Waals surface area contributed by atoms with Gasteiger partial charge in [0.2, 0.25) is 5.91 Å². The number of anilines is 1. The van der Waals surface area contributed by atoms with Crippen LogP contribution in [-0.4, -0.2) is 46.6 Å². The van der Waals surface area contributed by atoms with Crippen molar-refractivity contribution in [1.82, 2.24) is 15.1 Å². The average Bonchev–Trinajstić information content (AvgIpc) is 3.45. The third-order valence-corrected chi connectivity index (χ3v) is 5.12. The number of amides is 2. The van der Waals surface area contributed by atoms with Gasteiger partial charge >= 0.3 is 0 Å². The maximum atomic E-state index is 13.2. The molecule has 0 aliphatic carbocycles. The van der Waals surface area contributed by atoms with E-state index in [-0.39, 0.29) is 11.8 Å². The summed E-state index contributed by atoms with van der Waals surface area (Å²) in [5.74, 6) is 0.249. The topological polar surface area (TPSA) is 87.3 Å². The molecule has 1 saturated heterocycles. The molecule has 2 aromatic carbocycles. The van der Waals surface area contributed by atoms with Crippen molar-refractivity contribution in [2.75, 3.05) is 19.0 Å². The predicted octanol–water partition coefficient (Wildman–Crippen LogP) is 3.33. The number of nitrogens with zero attached hydrogens (tertiary/aromatic N) is 2. The van der Waals surface area contributed by atoms with Gasteiger partial charge in [-0.3, -0.25) is 14.7 Å². The van der Waals surface area contributed by atoms with Crippen molar-refractivity contribution in [2.45, 2.75) is 18.9 Å². The third kappa shape index (κ3) is 3.85. The van der Waals surface area contributed by atoms with Crippen molar-refractivity contribution in [3.63, 3.8) is 0 Å². The van der Waals surface area contributed by atoms with Crippen molar-refractivity contribution in [2.24, 2.45) is 0 Å². The number of nitrogens with one attached hydrogen (secondary N) is 2. The molecule has 1 aliphatic heterocycles. The first-order chi connectivity index (χ1) is 14.2. The molecule has 2 heterocycles. The summed E-state index contributed by atoms with van der Waals surface area (Å²) in [5.41, 5.74) is 2.94. The van der Waals surface area contributed by atoms with Gasteiger partial charge in [-0.25, -0.2) is 0 Å². The minimum atomic E-state index is -0.484. The monoisotopic (exact) mass is 390 g/mol. The Bertz CT molecular complexity index is 1000. The average molecular weight is 390 g/mol. The maximum absolute atomic E-state index is 13.2. The molecule has 1 fully saturated rings. The van der Waals surface area contributed by atoms with E-state index in [4.69, 9.17) is 4.74 Å². The summed E-state index contributed by atoms with van der Waals surface area (Å²) in [6, 6.07) is 14.1. The minimum Gasteiger partial charge on any atom is -0.496 e. The highest BCUT2D eigenvalue weighted by molar-refractivity contribution is 6.02. The van der Waals surface area contributed by atoms with Gasteiger partial charge in [0, 0.05) is 35.1 Å². The smallest absolute Gasteiger partial charge is 0.254 e. The van der Waals surface area contributed by atoms with Gasteiger partial charge in [0.1, 0.15) is 11.8 Å². The van der Waals surface area contributed by atoms with Crippen LogP contribution in [0.2, 0.25) is 0 Å². The molecule has 3 aromatic rings. The molecule has 0 radical (unpaired) electrons. The quantitative estimate of drug-likeness (QED) is 0.700. The van der Waals surface area contributed by atoms with E-state index in [0.29, 0.717) is 24.3 Å². The molecule has 7 nitrogen and oxygen atoms in total. The van der Waals surface area contributed by atoms with Gasteiger partial charge in [-0.15, -0.1) is 0 Å². The lowest BCUT2D eigenvalue weighted by atomic mass is 10.0. The second-order valence-electron chi connectivity index (χ2n) is 6.91. The molecule has 4 rings (SSSR count). The first-order valence-corrected chi connectivity index (χ1v) is 9.51. The van der Waals surface area contributed by atoms with Gasteiger partial charge < -0.3 is 15.0 Å². The van der Waals surface area contributed by atoms with E-state index >= 15 is 0 Å². The molecule has 29 heavy (non-hydrogen) atoms. The SMILES string of the molecule is COc1cc(C(=O)N2CCC[C@@H]2C(=O)Nc2ccccc2)ccc1-c1cn[nH]c1. The van der Waals surface area contributed by atoms with E-state index in [1.807, 2.05) is 36.4 Å². The number of rotatable bonds is 5. The molecule has 0 spiro atoms. The molecule has 2 N–H and O–H groups in total. The van der Waals surface area contributed by atoms with E-state index < -0.39 is 6.04 Å². The molecule has 7 heteroatoms. The highest BCUT2D eigenvalue weighted by Gasteiger charge is 2.34. The zero-order valence-corrected chi connectivity index (χ0v) is 16.1. The van der Waals surface area contributed by atoms with Crippen LogP contribution in [0.3, 0.4) is 0 Å². The number of carbonyl (C=O) groups excluding carboxylic acids is 2. The largest absolute Gasteiger partial charge is 0.496 e. The van der Waals surface area contributed by atoms with Crippen LogP contribution in [0, 0.1) is 0 Å². The molecule has 1 aliphatic rings. The number of hydrogen-bond acceptors (Lipinski definition) is 4. The Labute approximate surface area is 168 Å². The van der Waals surface area contributed by atoms with Gasteiger partial charge in [-0.2, -0.15) is 5.10 Å². The van der Waals surface area contributed by atoms with Crippen molar-refractivity contribution in [1.29, 1.82) is 0 Å². The number of ether oxygens (including phenoxy) is 1. The van der Waals surface area contributed by atoms with Gasteiger partial charge in [-0.1, -0.05) is 18.2 Å². The fourth-order valence-electron chi connectivity index (χ4n) is 3.66. The summed E-state index contributed by atoms with van der Waals surface area (Å²) >= 11 is 0. The van der Waals surface area contributed by atoms with E-state index in [0.717, 1.165) is 23.2 Å². The Morgan fingerprint density at radius 1 is 1.21 bits per heavy atom. The lowest BCUT2D eigenvalue weighted by molar-refractivity contribution is -0.119. The Morgan fingerprint density at radius 2 is 2.03 bits per heavy atom. The predicted molar refractivity (Wildman–Crippen MR) is 110 cm³/mol. The van der Waals surface area contributed by atoms with E-state index in [2.05, 4.69) is 15.5 Å². The van der Waals surface area contributed by atoms with Gasteiger partial charge in [0.25, 0.3) is 5.91 Å². The van der Waals surface area contributed by atoms with E-state index in [1.165, 1.54) is 0 Å². The summed E-state index contributed by atoms with van der Waals surface area (Å²) in [5, 5.41) is 9.64. The number of methoxy groups -OCH3 is 1. The Hall–Kier alpha value is -3.61. The molecule has 148 valence electrons. The molecule has 1 atom stereocenters. The molecule has 0 unspecified atom stereocenters. The van der Waals surface area contributed by atoms with Crippen LogP contribution < -0.4 is 10.1 Å². The summed E-state index contributed by atoms with van der Waals surface area (Å²) in [4.78, 5) is 27.5. The van der Waals surface area contributed by atoms with Crippen LogP contribution in [0.5, 0.6) is 5.75 Å². The highest BCUT2D eigenvalue weighted by atomic mass is 16.5. The van der Waals surface area contributed by atoms with Crippen LogP contribution >= 0.6 is 0 Å². The van der Waals surface area contributed by atoms with Crippen LogP contribution in [0.1, 0.15) is 23.2 Å². The van der Waals surface area contributed by atoms with E-state index in [9.17, 15) is 9.59 Å². The summed E-state index contributed by atoms with van der Waals surface area (Å²) in [6.07, 6.45) is 4.91. The number of aromatic amines is 1. The number of likely N-dealkylation sites (tertiary alicyclic amines) is 1. The van der Waals surface area contributed by atoms with Crippen molar-refractivity contribution >= 4 is 17.5 Å². The summed E-state index contributed by atoms with van der Waals surface area (Å²) in [7, 11) is 1.57. The molecule has 0 bridgehead atoms. The lowest BCUT2D eigenvalue weighted by Crippen LogP contribution is -2.43. The first kappa shape index (κ1) is 18.7. The number of H-pyrrole nitrogens is 1. The first-order valence-electron chi connectivity index (χ1n) is 9.51. The standard InChI is InChI=1S/C22H22N4O3/c1-29-20-12-15(9-10-18(20)16-13-23-24-14-16)22(28)26-11-5-8-19(26)21(27)25-17-6-3-2-4-7-17/h2-4,6-7,9-10,12-14,19H,5,8,11H2,1H3,(H,23,24)(H,25,27)/t19-/m1/s1. The van der Waals surface area contributed by atoms with Gasteiger partial charge in [-0.05, 0) is 43.2 Å². The lowest BCUT2D eigenvalue weighted by Gasteiger charge is -2.24. The fourth-order valence-corrected chi connectivity index (χ4v) is 3.66. The molecular formula is C22H22N4O3. The number of benzene rings is 2. The summed E-state index contributed by atoms with van der Waals surface area (Å²) < 4.78 is 5.48.